The van der Waals surface area contributed by atoms with E-state index in [1.54, 1.807) is 6.20 Å². The van der Waals surface area contributed by atoms with Crippen molar-refractivity contribution in [2.45, 2.75) is 19.9 Å². The molecule has 0 saturated heterocycles. The standard InChI is InChI=1S/C12H12N2.C2H6/c13-12(10-6-2-1-3-7-10)11-8-4-5-9-14-11;1-2/h1-9,12H,13H2;1-2H3. The number of nitrogens with zero attached hydrogens (tertiary/aromatic N) is 1. The lowest BCUT2D eigenvalue weighted by atomic mass is 10.0. The third kappa shape index (κ3) is 3.17. The monoisotopic (exact) mass is 214 g/mol. The van der Waals surface area contributed by atoms with Crippen LogP contribution in [0.4, 0.5) is 0 Å². The summed E-state index contributed by atoms with van der Waals surface area (Å²) < 4.78 is 0. The minimum atomic E-state index is -0.127. The van der Waals surface area contributed by atoms with E-state index in [4.69, 9.17) is 5.73 Å². The van der Waals surface area contributed by atoms with Gasteiger partial charge in [0.1, 0.15) is 0 Å². The van der Waals surface area contributed by atoms with E-state index >= 15 is 0 Å². The Kier molecular flexibility index (Phi) is 5.23. The quantitative estimate of drug-likeness (QED) is 0.834. The lowest BCUT2D eigenvalue weighted by Gasteiger charge is -2.10. The van der Waals surface area contributed by atoms with E-state index in [9.17, 15) is 0 Å². The van der Waals surface area contributed by atoms with Crippen molar-refractivity contribution >= 4 is 0 Å². The number of pyridine rings is 1. The maximum absolute atomic E-state index is 6.05. The molecule has 1 aromatic carbocycles. The number of nitrogens with two attached hydrogens (primary N) is 1. The zero-order valence-electron chi connectivity index (χ0n) is 9.80. The molecule has 0 aliphatic carbocycles. The summed E-state index contributed by atoms with van der Waals surface area (Å²) in [7, 11) is 0. The van der Waals surface area contributed by atoms with Crippen molar-refractivity contribution in [2.24, 2.45) is 5.73 Å². The van der Waals surface area contributed by atoms with Crippen LogP contribution in [-0.2, 0) is 0 Å². The summed E-state index contributed by atoms with van der Waals surface area (Å²) >= 11 is 0. The van der Waals surface area contributed by atoms with Gasteiger partial charge in [0, 0.05) is 6.20 Å². The summed E-state index contributed by atoms with van der Waals surface area (Å²) in [6.07, 6.45) is 1.76. The minimum absolute atomic E-state index is 0.127. The van der Waals surface area contributed by atoms with E-state index in [0.29, 0.717) is 0 Å². The zero-order valence-corrected chi connectivity index (χ0v) is 9.80. The SMILES string of the molecule is CC.NC(c1ccccc1)c1ccccn1. The highest BCUT2D eigenvalue weighted by Gasteiger charge is 2.07. The van der Waals surface area contributed by atoms with Crippen LogP contribution in [0.2, 0.25) is 0 Å². The molecule has 1 heterocycles. The predicted molar refractivity (Wildman–Crippen MR) is 68.1 cm³/mol. The van der Waals surface area contributed by atoms with Crippen LogP contribution in [0, 0.1) is 0 Å². The van der Waals surface area contributed by atoms with E-state index < -0.39 is 0 Å². The Morgan fingerprint density at radius 2 is 1.56 bits per heavy atom. The number of rotatable bonds is 2. The van der Waals surface area contributed by atoms with Crippen molar-refractivity contribution in [3.05, 3.63) is 66.0 Å². The molecule has 1 atom stereocenters. The molecule has 16 heavy (non-hydrogen) atoms. The van der Waals surface area contributed by atoms with Crippen LogP contribution in [0.15, 0.2) is 54.7 Å². The molecule has 0 spiro atoms. The van der Waals surface area contributed by atoms with Gasteiger partial charge in [-0.2, -0.15) is 0 Å². The van der Waals surface area contributed by atoms with Crippen molar-refractivity contribution in [3.8, 4) is 0 Å². The maximum Gasteiger partial charge on any atom is 0.0726 e. The number of hydrogen-bond donors (Lipinski definition) is 1. The molecule has 2 nitrogen and oxygen atoms in total. The Morgan fingerprint density at radius 3 is 2.12 bits per heavy atom. The van der Waals surface area contributed by atoms with Gasteiger partial charge in [0.2, 0.25) is 0 Å². The molecule has 84 valence electrons. The lowest BCUT2D eigenvalue weighted by Crippen LogP contribution is -2.12. The van der Waals surface area contributed by atoms with Gasteiger partial charge < -0.3 is 5.73 Å². The third-order valence-corrected chi connectivity index (χ3v) is 2.17. The molecule has 0 aliphatic heterocycles. The molecule has 0 fully saturated rings. The van der Waals surface area contributed by atoms with Crippen molar-refractivity contribution < 1.29 is 0 Å². The van der Waals surface area contributed by atoms with Crippen molar-refractivity contribution in [1.82, 2.24) is 4.98 Å². The average Bonchev–Trinajstić information content (AvgIpc) is 2.42. The second-order valence-electron chi connectivity index (χ2n) is 3.14. The van der Waals surface area contributed by atoms with Gasteiger partial charge in [-0.25, -0.2) is 0 Å². The first-order valence-corrected chi connectivity index (χ1v) is 5.59. The van der Waals surface area contributed by atoms with E-state index in [-0.39, 0.29) is 6.04 Å². The normalized spacial score (nSPS) is 11.2. The molecular weight excluding hydrogens is 196 g/mol. The highest BCUT2D eigenvalue weighted by Crippen LogP contribution is 2.16. The predicted octanol–water partition coefficient (Wildman–Crippen LogP) is 3.16. The van der Waals surface area contributed by atoms with Crippen LogP contribution in [0.3, 0.4) is 0 Å². The second-order valence-corrected chi connectivity index (χ2v) is 3.14. The topological polar surface area (TPSA) is 38.9 Å². The molecular formula is C14H18N2. The summed E-state index contributed by atoms with van der Waals surface area (Å²) in [5, 5.41) is 0. The Bertz CT molecular complexity index is 344. The van der Waals surface area contributed by atoms with E-state index in [2.05, 4.69) is 4.98 Å². The highest BCUT2D eigenvalue weighted by atomic mass is 14.8. The Hall–Kier alpha value is -1.67. The van der Waals surface area contributed by atoms with Gasteiger partial charge in [0.15, 0.2) is 0 Å². The van der Waals surface area contributed by atoms with Crippen molar-refractivity contribution in [1.29, 1.82) is 0 Å². The highest BCUT2D eigenvalue weighted by molar-refractivity contribution is 5.26. The lowest BCUT2D eigenvalue weighted by molar-refractivity contribution is 0.829. The van der Waals surface area contributed by atoms with Gasteiger partial charge in [-0.15, -0.1) is 0 Å². The van der Waals surface area contributed by atoms with E-state index in [1.807, 2.05) is 62.4 Å². The fourth-order valence-corrected chi connectivity index (χ4v) is 1.39. The van der Waals surface area contributed by atoms with Gasteiger partial charge in [0.25, 0.3) is 0 Å². The van der Waals surface area contributed by atoms with Gasteiger partial charge in [-0.3, -0.25) is 4.98 Å². The fourth-order valence-electron chi connectivity index (χ4n) is 1.39. The first kappa shape index (κ1) is 12.4. The van der Waals surface area contributed by atoms with Gasteiger partial charge in [0.05, 0.1) is 11.7 Å². The molecule has 0 bridgehead atoms. The summed E-state index contributed by atoms with van der Waals surface area (Å²) in [6, 6.07) is 15.6. The Morgan fingerprint density at radius 1 is 0.938 bits per heavy atom. The van der Waals surface area contributed by atoms with E-state index in [1.165, 1.54) is 0 Å². The van der Waals surface area contributed by atoms with Crippen LogP contribution in [0.1, 0.15) is 31.1 Å². The summed E-state index contributed by atoms with van der Waals surface area (Å²) in [6.45, 7) is 4.00. The first-order valence-electron chi connectivity index (χ1n) is 5.59. The Labute approximate surface area is 97.1 Å². The van der Waals surface area contributed by atoms with Crippen molar-refractivity contribution in [3.63, 3.8) is 0 Å². The number of aromatic nitrogens is 1. The van der Waals surface area contributed by atoms with Crippen LogP contribution in [0.25, 0.3) is 0 Å². The summed E-state index contributed by atoms with van der Waals surface area (Å²) in [5.41, 5.74) is 8.04. The molecule has 0 aliphatic rings. The summed E-state index contributed by atoms with van der Waals surface area (Å²) in [5.74, 6) is 0. The smallest absolute Gasteiger partial charge is 0.0726 e. The molecule has 1 aromatic heterocycles. The molecule has 2 aromatic rings. The second kappa shape index (κ2) is 6.75. The molecule has 1 unspecified atom stereocenters. The maximum atomic E-state index is 6.05. The number of benzene rings is 1. The van der Waals surface area contributed by atoms with Crippen molar-refractivity contribution in [2.75, 3.05) is 0 Å². The van der Waals surface area contributed by atoms with Gasteiger partial charge in [-0.05, 0) is 17.7 Å². The molecule has 2 N–H and O–H groups in total. The molecule has 2 heteroatoms. The third-order valence-electron chi connectivity index (χ3n) is 2.17. The van der Waals surface area contributed by atoms with Crippen LogP contribution in [0.5, 0.6) is 0 Å². The number of hydrogen-bond acceptors (Lipinski definition) is 2. The van der Waals surface area contributed by atoms with Gasteiger partial charge >= 0.3 is 0 Å². The first-order chi connectivity index (χ1) is 7.88. The van der Waals surface area contributed by atoms with Crippen LogP contribution < -0.4 is 5.73 Å². The summed E-state index contributed by atoms with van der Waals surface area (Å²) in [4.78, 5) is 4.23. The fraction of sp³-hybridized carbons (Fsp3) is 0.214. The van der Waals surface area contributed by atoms with Crippen LogP contribution >= 0.6 is 0 Å². The molecule has 0 radical (unpaired) electrons. The van der Waals surface area contributed by atoms with Gasteiger partial charge in [-0.1, -0.05) is 50.2 Å². The largest absolute Gasteiger partial charge is 0.319 e. The molecule has 0 amide bonds. The molecule has 2 rings (SSSR count). The molecule has 0 saturated carbocycles. The zero-order chi connectivity index (χ0) is 11.8. The van der Waals surface area contributed by atoms with E-state index in [0.717, 1.165) is 11.3 Å². The Balaban J connectivity index is 0.000000606. The van der Waals surface area contributed by atoms with Crippen LogP contribution in [-0.4, -0.2) is 4.98 Å². The minimum Gasteiger partial charge on any atom is -0.319 e. The average molecular weight is 214 g/mol.